The molecule has 2 saturated carbocycles. The number of anilines is 1. The van der Waals surface area contributed by atoms with Gasteiger partial charge in [-0.2, -0.15) is 5.10 Å². The number of nitrogens with zero attached hydrogens (tertiary/aromatic N) is 3. The fourth-order valence-electron chi connectivity index (χ4n) is 7.52. The Morgan fingerprint density at radius 3 is 2.04 bits per heavy atom. The summed E-state index contributed by atoms with van der Waals surface area (Å²) in [5.74, 6) is -5.46. The van der Waals surface area contributed by atoms with Gasteiger partial charge in [-0.05, 0) is 62.3 Å². The summed E-state index contributed by atoms with van der Waals surface area (Å²) in [7, 11) is 0. The van der Waals surface area contributed by atoms with E-state index in [2.05, 4.69) is 15.7 Å². The number of halogens is 4. The lowest BCUT2D eigenvalue weighted by Crippen LogP contribution is -2.53. The number of carbonyl (C=O) groups is 4. The Hall–Kier alpha value is -3.97. The van der Waals surface area contributed by atoms with Gasteiger partial charge in [0.25, 0.3) is 12.3 Å². The standard InChI is InChI=1S/C35H48F4N6O4/c1-20(2)45-27(16-17-41-45)33(47)43-30(29(22-10-6-4-7-11-22)23-12-8-5-9-13-23)34(48)42-26-15-14-24(18-25(26)36)21(3)35(49)44(19-28(40)46)32(39)31(37)38/h14-18,20-23,29-32H,4-13,19H2,1-3H3,(H2,40,46)(H,42,48)(H,43,47)/t21?,30-,32?/m0/s1. The highest BCUT2D eigenvalue weighted by Gasteiger charge is 2.42. The van der Waals surface area contributed by atoms with Crippen molar-refractivity contribution in [3.05, 3.63) is 47.5 Å². The molecule has 270 valence electrons. The fourth-order valence-corrected chi connectivity index (χ4v) is 7.52. The van der Waals surface area contributed by atoms with Crippen LogP contribution in [-0.2, 0) is 14.4 Å². The second-order valence-corrected chi connectivity index (χ2v) is 13.7. The van der Waals surface area contributed by atoms with Crippen LogP contribution in [-0.4, -0.2) is 63.6 Å². The Labute approximate surface area is 284 Å². The number of primary amides is 1. The van der Waals surface area contributed by atoms with E-state index in [1.54, 1.807) is 10.7 Å². The van der Waals surface area contributed by atoms with Crippen LogP contribution in [0.1, 0.15) is 113 Å². The minimum absolute atomic E-state index is 0.00511. The highest BCUT2D eigenvalue weighted by atomic mass is 19.3. The van der Waals surface area contributed by atoms with Crippen LogP contribution in [0.25, 0.3) is 0 Å². The first-order valence-corrected chi connectivity index (χ1v) is 17.3. The minimum atomic E-state index is -3.59. The molecule has 4 N–H and O–H groups in total. The van der Waals surface area contributed by atoms with Crippen LogP contribution < -0.4 is 16.4 Å². The molecule has 2 fully saturated rings. The summed E-state index contributed by atoms with van der Waals surface area (Å²) in [6, 6.07) is 4.00. The molecular weight excluding hydrogens is 644 g/mol. The molecular formula is C35H48F4N6O4. The van der Waals surface area contributed by atoms with Crippen LogP contribution in [0.2, 0.25) is 0 Å². The van der Waals surface area contributed by atoms with Crippen LogP contribution in [0.4, 0.5) is 23.2 Å². The summed E-state index contributed by atoms with van der Waals surface area (Å²) < 4.78 is 57.6. The predicted octanol–water partition coefficient (Wildman–Crippen LogP) is 6.10. The van der Waals surface area contributed by atoms with Gasteiger partial charge in [-0.25, -0.2) is 17.6 Å². The smallest absolute Gasteiger partial charge is 0.287 e. The van der Waals surface area contributed by atoms with Crippen LogP contribution in [0.3, 0.4) is 0 Å². The maximum atomic E-state index is 15.6. The van der Waals surface area contributed by atoms with Crippen molar-refractivity contribution < 1.29 is 36.7 Å². The lowest BCUT2D eigenvalue weighted by Gasteiger charge is -2.42. The van der Waals surface area contributed by atoms with Gasteiger partial charge < -0.3 is 16.4 Å². The number of carbonyl (C=O) groups excluding carboxylic acids is 4. The lowest BCUT2D eigenvalue weighted by atomic mass is 9.66. The lowest BCUT2D eigenvalue weighted by molar-refractivity contribution is -0.149. The van der Waals surface area contributed by atoms with Gasteiger partial charge >= 0.3 is 0 Å². The average molecular weight is 693 g/mol. The summed E-state index contributed by atoms with van der Waals surface area (Å²) in [6.07, 6.45) is 4.90. The zero-order valence-electron chi connectivity index (χ0n) is 28.3. The highest BCUT2D eigenvalue weighted by Crippen LogP contribution is 2.42. The molecule has 1 aromatic carbocycles. The SMILES string of the molecule is CC(C(=O)N(CC(N)=O)C(F)C(F)F)c1ccc(NC(=O)[C@@H](NC(=O)c2ccnn2C(C)C)C(C2CCCCC2)C2CCCCC2)c(F)c1. The summed E-state index contributed by atoms with van der Waals surface area (Å²) >= 11 is 0. The van der Waals surface area contributed by atoms with Gasteiger partial charge in [0.05, 0.1) is 11.6 Å². The van der Waals surface area contributed by atoms with Crippen molar-refractivity contribution in [3.8, 4) is 0 Å². The third-order valence-corrected chi connectivity index (χ3v) is 9.97. The van der Waals surface area contributed by atoms with Crippen molar-refractivity contribution in [2.45, 2.75) is 116 Å². The molecule has 4 amide bonds. The van der Waals surface area contributed by atoms with Crippen molar-refractivity contribution in [1.82, 2.24) is 20.0 Å². The summed E-state index contributed by atoms with van der Waals surface area (Å²) in [5.41, 5.74) is 5.14. The Morgan fingerprint density at radius 1 is 0.939 bits per heavy atom. The fraction of sp³-hybridized carbons (Fsp3) is 0.629. The first-order chi connectivity index (χ1) is 23.3. The van der Waals surface area contributed by atoms with E-state index in [4.69, 9.17) is 5.73 Å². The Bertz CT molecular complexity index is 1440. The topological polar surface area (TPSA) is 139 Å². The molecule has 0 bridgehead atoms. The van der Waals surface area contributed by atoms with Gasteiger partial charge in [0.1, 0.15) is 24.1 Å². The molecule has 0 spiro atoms. The molecule has 2 aromatic rings. The molecule has 3 atom stereocenters. The predicted molar refractivity (Wildman–Crippen MR) is 176 cm³/mol. The number of hydrogen-bond acceptors (Lipinski definition) is 5. The average Bonchev–Trinajstić information content (AvgIpc) is 3.59. The van der Waals surface area contributed by atoms with Crippen LogP contribution in [0.15, 0.2) is 30.5 Å². The molecule has 0 radical (unpaired) electrons. The quantitative estimate of drug-likeness (QED) is 0.162. The maximum absolute atomic E-state index is 15.6. The van der Waals surface area contributed by atoms with Crippen molar-refractivity contribution >= 4 is 29.3 Å². The number of benzene rings is 1. The normalized spacial score (nSPS) is 17.9. The monoisotopic (exact) mass is 692 g/mol. The van der Waals surface area contributed by atoms with Crippen molar-refractivity contribution in [2.24, 2.45) is 23.5 Å². The van der Waals surface area contributed by atoms with Gasteiger partial charge in [-0.3, -0.25) is 28.8 Å². The molecule has 2 aliphatic rings. The molecule has 0 aliphatic heterocycles. The molecule has 1 heterocycles. The number of nitrogens with two attached hydrogens (primary N) is 1. The number of rotatable bonds is 14. The first kappa shape index (κ1) is 37.8. The second kappa shape index (κ2) is 17.1. The highest BCUT2D eigenvalue weighted by molar-refractivity contribution is 6.01. The van der Waals surface area contributed by atoms with E-state index in [0.29, 0.717) is 5.69 Å². The zero-order valence-corrected chi connectivity index (χ0v) is 28.3. The van der Waals surface area contributed by atoms with E-state index < -0.39 is 60.7 Å². The molecule has 2 unspecified atom stereocenters. The maximum Gasteiger partial charge on any atom is 0.287 e. The number of amides is 4. The molecule has 2 aliphatic carbocycles. The van der Waals surface area contributed by atoms with Crippen molar-refractivity contribution in [3.63, 3.8) is 0 Å². The number of alkyl halides is 3. The van der Waals surface area contributed by atoms with Gasteiger partial charge in [0.2, 0.25) is 24.0 Å². The Kier molecular flexibility index (Phi) is 13.2. The molecule has 0 saturated heterocycles. The van der Waals surface area contributed by atoms with E-state index in [0.717, 1.165) is 70.3 Å². The van der Waals surface area contributed by atoms with E-state index in [1.807, 2.05) is 13.8 Å². The second-order valence-electron chi connectivity index (χ2n) is 13.7. The molecule has 10 nitrogen and oxygen atoms in total. The zero-order chi connectivity index (χ0) is 35.8. The molecule has 14 heteroatoms. The van der Waals surface area contributed by atoms with Gasteiger partial charge in [0.15, 0.2) is 0 Å². The van der Waals surface area contributed by atoms with E-state index in [-0.39, 0.29) is 39.9 Å². The van der Waals surface area contributed by atoms with Gasteiger partial charge in [-0.1, -0.05) is 70.3 Å². The third-order valence-electron chi connectivity index (χ3n) is 9.97. The largest absolute Gasteiger partial charge is 0.368 e. The minimum Gasteiger partial charge on any atom is -0.368 e. The molecule has 1 aromatic heterocycles. The summed E-state index contributed by atoms with van der Waals surface area (Å²) in [5, 5.41) is 9.96. The van der Waals surface area contributed by atoms with E-state index in [1.165, 1.54) is 25.3 Å². The van der Waals surface area contributed by atoms with Crippen LogP contribution >= 0.6 is 0 Å². The summed E-state index contributed by atoms with van der Waals surface area (Å²) in [4.78, 5) is 52.3. The first-order valence-electron chi connectivity index (χ1n) is 17.3. The number of nitrogens with one attached hydrogen (secondary N) is 2. The van der Waals surface area contributed by atoms with Gasteiger partial charge in [0, 0.05) is 12.2 Å². The molecule has 4 rings (SSSR count). The number of hydrogen-bond donors (Lipinski definition) is 3. The third kappa shape index (κ3) is 9.39. The Morgan fingerprint density at radius 2 is 1.53 bits per heavy atom. The van der Waals surface area contributed by atoms with Crippen molar-refractivity contribution in [2.75, 3.05) is 11.9 Å². The van der Waals surface area contributed by atoms with E-state index >= 15 is 4.39 Å². The Balaban J connectivity index is 1.63. The molecule has 49 heavy (non-hydrogen) atoms. The van der Waals surface area contributed by atoms with Crippen LogP contribution in [0, 0.1) is 23.6 Å². The van der Waals surface area contributed by atoms with Crippen molar-refractivity contribution in [1.29, 1.82) is 0 Å². The number of aromatic nitrogens is 2. The van der Waals surface area contributed by atoms with Crippen LogP contribution in [0.5, 0.6) is 0 Å². The van der Waals surface area contributed by atoms with E-state index in [9.17, 15) is 32.3 Å². The van der Waals surface area contributed by atoms with Gasteiger partial charge in [-0.15, -0.1) is 0 Å². The summed E-state index contributed by atoms with van der Waals surface area (Å²) in [6.45, 7) is 3.96.